The molecule has 1 unspecified atom stereocenters. The zero-order chi connectivity index (χ0) is 24.0. The van der Waals surface area contributed by atoms with Crippen molar-refractivity contribution < 1.29 is 29.9 Å². The van der Waals surface area contributed by atoms with Gasteiger partial charge in [-0.2, -0.15) is 0 Å². The van der Waals surface area contributed by atoms with Gasteiger partial charge in [0.2, 0.25) is 0 Å². The van der Waals surface area contributed by atoms with E-state index in [0.29, 0.717) is 6.42 Å². The Morgan fingerprint density at radius 1 is 0.774 bits per heavy atom. The van der Waals surface area contributed by atoms with Gasteiger partial charge in [-0.1, -0.05) is 13.8 Å². The summed E-state index contributed by atoms with van der Waals surface area (Å²) >= 11 is 0. The van der Waals surface area contributed by atoms with E-state index in [0.717, 1.165) is 18.2 Å². The lowest BCUT2D eigenvalue weighted by Crippen LogP contribution is -1.99. The van der Waals surface area contributed by atoms with Crippen molar-refractivity contribution in [2.75, 3.05) is 0 Å². The Balaban J connectivity index is 0.000000316. The smallest absolute Gasteiger partial charge is 0.317 e. The fourth-order valence-electron chi connectivity index (χ4n) is 2.45. The molecule has 0 fully saturated rings. The predicted octanol–water partition coefficient (Wildman–Crippen LogP) is 4.24. The molecule has 0 amide bonds. The molecule has 0 spiro atoms. The van der Waals surface area contributed by atoms with Crippen molar-refractivity contribution in [3.63, 3.8) is 0 Å². The lowest BCUT2D eigenvalue weighted by Gasteiger charge is -2.10. The third-order valence-electron chi connectivity index (χ3n) is 4.33. The monoisotopic (exact) mass is 438 g/mol. The van der Waals surface area contributed by atoms with Crippen molar-refractivity contribution in [1.82, 2.24) is 0 Å². The van der Waals surface area contributed by atoms with Gasteiger partial charge in [-0.15, -0.1) is 0 Å². The normalized spacial score (nSPS) is 11.1. The quantitative estimate of drug-likeness (QED) is 0.483. The lowest BCUT2D eigenvalue weighted by atomic mass is 9.96. The number of nitro benzene ring substituents is 4. The molecule has 166 valence electrons. The first-order valence-electron chi connectivity index (χ1n) is 8.59. The molecule has 2 N–H and O–H groups in total. The van der Waals surface area contributed by atoms with Gasteiger partial charge in [-0.25, -0.2) is 0 Å². The second-order valence-corrected chi connectivity index (χ2v) is 6.37. The summed E-state index contributed by atoms with van der Waals surface area (Å²) in [7, 11) is 0. The second kappa shape index (κ2) is 9.91. The SMILES string of the molecule is CCC(C)c1cc([N+](=O)[O-])cc([N+](=O)[O-])c1O.Cc1cc([N+](=O)[O-])cc([N+](=O)[O-])c1O. The zero-order valence-corrected chi connectivity index (χ0v) is 16.5. The average Bonchev–Trinajstić information content (AvgIpc) is 2.69. The topological polar surface area (TPSA) is 213 Å². The largest absolute Gasteiger partial charge is 0.502 e. The molecule has 0 aromatic heterocycles. The summed E-state index contributed by atoms with van der Waals surface area (Å²) in [6, 6.07) is 3.74. The summed E-state index contributed by atoms with van der Waals surface area (Å²) in [5.41, 5.74) is -1.75. The highest BCUT2D eigenvalue weighted by molar-refractivity contribution is 5.59. The number of rotatable bonds is 6. The third-order valence-corrected chi connectivity index (χ3v) is 4.33. The number of hydrogen-bond donors (Lipinski definition) is 2. The fourth-order valence-corrected chi connectivity index (χ4v) is 2.45. The van der Waals surface area contributed by atoms with E-state index < -0.39 is 48.3 Å². The van der Waals surface area contributed by atoms with Crippen LogP contribution in [0.3, 0.4) is 0 Å². The van der Waals surface area contributed by atoms with Crippen molar-refractivity contribution in [2.24, 2.45) is 0 Å². The summed E-state index contributed by atoms with van der Waals surface area (Å²) in [5.74, 6) is -1.22. The number of aromatic hydroxyl groups is 2. The number of nitrogens with zero attached hydrogens (tertiary/aromatic N) is 4. The van der Waals surface area contributed by atoms with Crippen LogP contribution in [-0.2, 0) is 0 Å². The van der Waals surface area contributed by atoms with E-state index in [-0.39, 0.29) is 22.7 Å². The second-order valence-electron chi connectivity index (χ2n) is 6.37. The maximum atomic E-state index is 10.7. The number of phenolic OH excluding ortho intramolecular Hbond substituents is 2. The van der Waals surface area contributed by atoms with E-state index in [1.54, 1.807) is 6.92 Å². The number of nitro groups is 4. The van der Waals surface area contributed by atoms with Crippen molar-refractivity contribution in [1.29, 1.82) is 0 Å². The Labute approximate surface area is 174 Å². The van der Waals surface area contributed by atoms with Crippen molar-refractivity contribution >= 4 is 22.7 Å². The van der Waals surface area contributed by atoms with Crippen LogP contribution in [0.4, 0.5) is 22.7 Å². The Bertz CT molecular complexity index is 1050. The van der Waals surface area contributed by atoms with Crippen LogP contribution in [0.2, 0.25) is 0 Å². The molecule has 14 heteroatoms. The number of hydrogen-bond acceptors (Lipinski definition) is 10. The van der Waals surface area contributed by atoms with Gasteiger partial charge in [0.25, 0.3) is 11.4 Å². The van der Waals surface area contributed by atoms with Crippen LogP contribution in [0.25, 0.3) is 0 Å². The highest BCUT2D eigenvalue weighted by Crippen LogP contribution is 2.39. The molecule has 0 bridgehead atoms. The van der Waals surface area contributed by atoms with Gasteiger partial charge < -0.3 is 10.2 Å². The van der Waals surface area contributed by atoms with Gasteiger partial charge in [0.05, 0.1) is 31.8 Å². The molecule has 14 nitrogen and oxygen atoms in total. The zero-order valence-electron chi connectivity index (χ0n) is 16.5. The Morgan fingerprint density at radius 2 is 1.19 bits per heavy atom. The molecule has 1 atom stereocenters. The van der Waals surface area contributed by atoms with Crippen molar-refractivity contribution in [3.8, 4) is 11.5 Å². The van der Waals surface area contributed by atoms with Crippen LogP contribution in [0, 0.1) is 47.4 Å². The minimum atomic E-state index is -0.866. The number of benzene rings is 2. The molecule has 31 heavy (non-hydrogen) atoms. The standard InChI is InChI=1S/C10H12N2O5.C7H6N2O5/c1-3-6(2)8-4-7(11(14)15)5-9(10(8)13)12(16)17;1-4-2-5(8(11)12)3-6(7(4)10)9(13)14/h4-6,13H,3H2,1-2H3;2-3,10H,1H3. The first-order valence-corrected chi connectivity index (χ1v) is 8.59. The molecule has 2 aromatic carbocycles. The van der Waals surface area contributed by atoms with E-state index in [1.807, 2.05) is 6.92 Å². The first-order chi connectivity index (χ1) is 14.3. The molecule has 0 radical (unpaired) electrons. The molecule has 0 saturated heterocycles. The summed E-state index contributed by atoms with van der Waals surface area (Å²) in [4.78, 5) is 38.9. The average molecular weight is 438 g/mol. The van der Waals surface area contributed by atoms with Crippen LogP contribution in [0.5, 0.6) is 11.5 Å². The van der Waals surface area contributed by atoms with Crippen LogP contribution in [0.15, 0.2) is 24.3 Å². The van der Waals surface area contributed by atoms with Crippen LogP contribution >= 0.6 is 0 Å². The molecule has 0 heterocycles. The molecule has 2 rings (SSSR count). The van der Waals surface area contributed by atoms with Gasteiger partial charge in [-0.3, -0.25) is 40.5 Å². The lowest BCUT2D eigenvalue weighted by molar-refractivity contribution is -0.395. The van der Waals surface area contributed by atoms with E-state index in [4.69, 9.17) is 0 Å². The maximum Gasteiger partial charge on any atom is 0.317 e. The minimum absolute atomic E-state index is 0.103. The van der Waals surface area contributed by atoms with Gasteiger partial charge >= 0.3 is 11.4 Å². The fraction of sp³-hybridized carbons (Fsp3) is 0.294. The number of phenols is 2. The Hall–Kier alpha value is -4.36. The maximum absolute atomic E-state index is 10.7. The van der Waals surface area contributed by atoms with Crippen molar-refractivity contribution in [3.05, 3.63) is 75.8 Å². The molecule has 0 saturated carbocycles. The summed E-state index contributed by atoms with van der Waals surface area (Å²) in [6.45, 7) is 4.92. The molecule has 0 aliphatic rings. The molecule has 0 aliphatic carbocycles. The predicted molar refractivity (Wildman–Crippen MR) is 106 cm³/mol. The first kappa shape index (κ1) is 24.7. The Kier molecular flexibility index (Phi) is 7.89. The molecule has 0 aliphatic heterocycles. The van der Waals surface area contributed by atoms with Gasteiger partial charge in [-0.05, 0) is 19.3 Å². The summed E-state index contributed by atoms with van der Waals surface area (Å²) in [5, 5.41) is 61.0. The molecule has 2 aromatic rings. The van der Waals surface area contributed by atoms with E-state index >= 15 is 0 Å². The number of aryl methyl sites for hydroxylation is 1. The van der Waals surface area contributed by atoms with Crippen LogP contribution in [-0.4, -0.2) is 29.9 Å². The summed E-state index contributed by atoms with van der Waals surface area (Å²) in [6.07, 6.45) is 0.617. The van der Waals surface area contributed by atoms with Gasteiger partial charge in [0.15, 0.2) is 11.5 Å². The highest BCUT2D eigenvalue weighted by Gasteiger charge is 2.25. The van der Waals surface area contributed by atoms with Crippen LogP contribution in [0.1, 0.15) is 37.3 Å². The Morgan fingerprint density at radius 3 is 1.58 bits per heavy atom. The summed E-state index contributed by atoms with van der Waals surface area (Å²) < 4.78 is 0. The van der Waals surface area contributed by atoms with Gasteiger partial charge in [0, 0.05) is 23.3 Å². The van der Waals surface area contributed by atoms with Crippen molar-refractivity contribution in [2.45, 2.75) is 33.1 Å². The molecular weight excluding hydrogens is 420 g/mol. The highest BCUT2D eigenvalue weighted by atomic mass is 16.6. The number of non-ortho nitro benzene ring substituents is 2. The van der Waals surface area contributed by atoms with E-state index in [9.17, 15) is 50.7 Å². The van der Waals surface area contributed by atoms with Crippen LogP contribution < -0.4 is 0 Å². The third kappa shape index (κ3) is 5.81. The minimum Gasteiger partial charge on any atom is -0.502 e. The van der Waals surface area contributed by atoms with Gasteiger partial charge in [0.1, 0.15) is 0 Å². The van der Waals surface area contributed by atoms with E-state index in [2.05, 4.69) is 0 Å². The van der Waals surface area contributed by atoms with E-state index in [1.165, 1.54) is 13.0 Å². The molecular formula is C17H18N4O10.